The number of carbonyl (C=O) groups excluding carboxylic acids is 1. The van der Waals surface area contributed by atoms with Crippen LogP contribution in [0.25, 0.3) is 11.1 Å². The van der Waals surface area contributed by atoms with Crippen molar-refractivity contribution in [2.75, 3.05) is 12.1 Å². The highest BCUT2D eigenvalue weighted by atomic mass is 32.1. The average molecular weight is 367 g/mol. The molecule has 6 heteroatoms. The van der Waals surface area contributed by atoms with Gasteiger partial charge in [-0.15, -0.1) is 11.3 Å². The molecule has 0 fully saturated rings. The lowest BCUT2D eigenvalue weighted by atomic mass is 9.89. The van der Waals surface area contributed by atoms with Gasteiger partial charge in [-0.3, -0.25) is 4.79 Å². The van der Waals surface area contributed by atoms with E-state index in [9.17, 15) is 9.18 Å². The second-order valence-electron chi connectivity index (χ2n) is 6.32. The number of anilines is 1. The maximum Gasteiger partial charge on any atom is 0.231 e. The van der Waals surface area contributed by atoms with Crippen molar-refractivity contribution in [3.63, 3.8) is 0 Å². The minimum atomic E-state index is -0.295. The molecule has 5 rings (SSSR count). The predicted molar refractivity (Wildman–Crippen MR) is 97.4 cm³/mol. The standard InChI is InChI=1S/C20H14FNO3S/c21-13-3-1-2-11(6-13)15-9-26-20-14(8-18(23)22-19(15)20)12-4-5-16-17(7-12)25-10-24-16/h1-7,9,14H,8,10H2,(H,22,23)/t14-/m0/s1. The highest BCUT2D eigenvalue weighted by Crippen LogP contribution is 2.48. The van der Waals surface area contributed by atoms with Crippen LogP contribution in [0, 0.1) is 5.82 Å². The number of hydrogen-bond donors (Lipinski definition) is 1. The number of nitrogens with one attached hydrogen (secondary N) is 1. The van der Waals surface area contributed by atoms with E-state index in [1.54, 1.807) is 17.4 Å². The Bertz CT molecular complexity index is 1030. The highest BCUT2D eigenvalue weighted by Gasteiger charge is 2.31. The second-order valence-corrected chi connectivity index (χ2v) is 7.23. The largest absolute Gasteiger partial charge is 0.454 e. The molecular weight excluding hydrogens is 353 g/mol. The molecule has 2 aliphatic rings. The molecule has 1 amide bonds. The lowest BCUT2D eigenvalue weighted by molar-refractivity contribution is -0.116. The van der Waals surface area contributed by atoms with Crippen molar-refractivity contribution < 1.29 is 18.7 Å². The van der Waals surface area contributed by atoms with E-state index in [0.717, 1.165) is 33.0 Å². The van der Waals surface area contributed by atoms with E-state index in [4.69, 9.17) is 9.47 Å². The zero-order valence-electron chi connectivity index (χ0n) is 13.6. The van der Waals surface area contributed by atoms with E-state index < -0.39 is 0 Å². The summed E-state index contributed by atoms with van der Waals surface area (Å²) in [7, 11) is 0. The second kappa shape index (κ2) is 5.85. The van der Waals surface area contributed by atoms with Crippen LogP contribution in [0.15, 0.2) is 47.8 Å². The molecule has 0 bridgehead atoms. The molecule has 0 saturated carbocycles. The molecule has 0 radical (unpaired) electrons. The van der Waals surface area contributed by atoms with E-state index in [1.165, 1.54) is 12.1 Å². The number of halogens is 1. The quantitative estimate of drug-likeness (QED) is 0.711. The molecule has 3 heterocycles. The predicted octanol–water partition coefficient (Wildman–Crippen LogP) is 4.76. The van der Waals surface area contributed by atoms with E-state index in [-0.39, 0.29) is 24.4 Å². The van der Waals surface area contributed by atoms with Gasteiger partial charge in [-0.2, -0.15) is 0 Å². The van der Waals surface area contributed by atoms with Crippen LogP contribution in [0.1, 0.15) is 22.8 Å². The van der Waals surface area contributed by atoms with Crippen LogP contribution in [-0.4, -0.2) is 12.7 Å². The molecule has 130 valence electrons. The average Bonchev–Trinajstić information content (AvgIpc) is 3.27. The summed E-state index contributed by atoms with van der Waals surface area (Å²) in [6.07, 6.45) is 0.371. The number of thiophene rings is 1. The van der Waals surface area contributed by atoms with E-state index in [2.05, 4.69) is 5.32 Å². The minimum Gasteiger partial charge on any atom is -0.454 e. The van der Waals surface area contributed by atoms with Gasteiger partial charge >= 0.3 is 0 Å². The molecule has 1 aromatic heterocycles. The molecule has 3 aromatic rings. The van der Waals surface area contributed by atoms with Crippen molar-refractivity contribution in [2.45, 2.75) is 12.3 Å². The van der Waals surface area contributed by atoms with E-state index in [1.807, 2.05) is 29.6 Å². The Hall–Kier alpha value is -2.86. The van der Waals surface area contributed by atoms with Crippen molar-refractivity contribution >= 4 is 22.9 Å². The molecule has 26 heavy (non-hydrogen) atoms. The molecule has 1 atom stereocenters. The van der Waals surface area contributed by atoms with Crippen LogP contribution >= 0.6 is 11.3 Å². The van der Waals surface area contributed by atoms with Gasteiger partial charge < -0.3 is 14.8 Å². The minimum absolute atomic E-state index is 0.0452. The SMILES string of the molecule is O=C1C[C@@H](c2ccc3c(c2)OCO3)c2scc(-c3cccc(F)c3)c2N1. The normalized spacial score (nSPS) is 17.7. The zero-order chi connectivity index (χ0) is 17.7. The van der Waals surface area contributed by atoms with Gasteiger partial charge in [0, 0.05) is 28.2 Å². The number of benzene rings is 2. The van der Waals surface area contributed by atoms with Gasteiger partial charge in [-0.25, -0.2) is 4.39 Å². The van der Waals surface area contributed by atoms with Crippen molar-refractivity contribution in [2.24, 2.45) is 0 Å². The van der Waals surface area contributed by atoms with Gasteiger partial charge in [0.25, 0.3) is 0 Å². The van der Waals surface area contributed by atoms with E-state index >= 15 is 0 Å². The summed E-state index contributed by atoms with van der Waals surface area (Å²) in [4.78, 5) is 13.4. The molecule has 2 aromatic carbocycles. The fraction of sp³-hybridized carbons (Fsp3) is 0.150. The van der Waals surface area contributed by atoms with Crippen molar-refractivity contribution in [3.05, 3.63) is 64.1 Å². The summed E-state index contributed by atoms with van der Waals surface area (Å²) in [5.41, 5.74) is 3.40. The van der Waals surface area contributed by atoms with Crippen LogP contribution in [0.5, 0.6) is 11.5 Å². The lowest BCUT2D eigenvalue weighted by Crippen LogP contribution is -2.22. The Morgan fingerprint density at radius 2 is 2.00 bits per heavy atom. The third kappa shape index (κ3) is 2.45. The number of fused-ring (bicyclic) bond motifs is 2. The molecule has 4 nitrogen and oxygen atoms in total. The Balaban J connectivity index is 1.60. The smallest absolute Gasteiger partial charge is 0.231 e. The first-order valence-electron chi connectivity index (χ1n) is 8.26. The first-order chi connectivity index (χ1) is 12.7. The summed E-state index contributed by atoms with van der Waals surface area (Å²) in [6.45, 7) is 0.220. The number of ether oxygens (including phenoxy) is 2. The van der Waals surface area contributed by atoms with Crippen molar-refractivity contribution in [1.29, 1.82) is 0 Å². The van der Waals surface area contributed by atoms with Crippen LogP contribution in [0.3, 0.4) is 0 Å². The topological polar surface area (TPSA) is 47.6 Å². The van der Waals surface area contributed by atoms with Gasteiger partial charge in [-0.1, -0.05) is 18.2 Å². The molecule has 1 N–H and O–H groups in total. The fourth-order valence-corrected chi connectivity index (χ4v) is 4.66. The van der Waals surface area contributed by atoms with Crippen LogP contribution in [-0.2, 0) is 4.79 Å². The third-order valence-corrected chi connectivity index (χ3v) is 5.82. The maximum atomic E-state index is 13.6. The van der Waals surface area contributed by atoms with Gasteiger partial charge in [0.15, 0.2) is 11.5 Å². The lowest BCUT2D eigenvalue weighted by Gasteiger charge is -2.24. The summed E-state index contributed by atoms with van der Waals surface area (Å²) < 4.78 is 24.5. The molecule has 0 saturated heterocycles. The third-order valence-electron chi connectivity index (χ3n) is 4.72. The summed E-state index contributed by atoms with van der Waals surface area (Å²) in [6, 6.07) is 12.2. The summed E-state index contributed by atoms with van der Waals surface area (Å²) in [5, 5.41) is 4.95. The number of amides is 1. The Labute approximate surface area is 153 Å². The Morgan fingerprint density at radius 3 is 2.88 bits per heavy atom. The van der Waals surface area contributed by atoms with Crippen LogP contribution in [0.4, 0.5) is 10.1 Å². The van der Waals surface area contributed by atoms with Crippen molar-refractivity contribution in [3.8, 4) is 22.6 Å². The number of rotatable bonds is 2. The van der Waals surface area contributed by atoms with Gasteiger partial charge in [0.1, 0.15) is 5.82 Å². The highest BCUT2D eigenvalue weighted by molar-refractivity contribution is 7.11. The summed E-state index contributed by atoms with van der Waals surface area (Å²) in [5.74, 6) is 1.03. The van der Waals surface area contributed by atoms with Gasteiger partial charge in [0.2, 0.25) is 12.7 Å². The molecule has 2 aliphatic heterocycles. The first-order valence-corrected chi connectivity index (χ1v) is 9.14. The first kappa shape index (κ1) is 15.4. The number of hydrogen-bond acceptors (Lipinski definition) is 4. The van der Waals surface area contributed by atoms with Gasteiger partial charge in [0.05, 0.1) is 5.69 Å². The zero-order valence-corrected chi connectivity index (χ0v) is 14.4. The molecule has 0 spiro atoms. The molecule has 0 unspecified atom stereocenters. The summed E-state index contributed by atoms with van der Waals surface area (Å²) >= 11 is 1.58. The van der Waals surface area contributed by atoms with Gasteiger partial charge in [-0.05, 0) is 35.4 Å². The monoisotopic (exact) mass is 367 g/mol. The fourth-order valence-electron chi connectivity index (χ4n) is 3.49. The maximum absolute atomic E-state index is 13.6. The Morgan fingerprint density at radius 1 is 1.12 bits per heavy atom. The molecular formula is C20H14FNO3S. The molecule has 0 aliphatic carbocycles. The number of carbonyl (C=O) groups is 1. The van der Waals surface area contributed by atoms with Crippen LogP contribution in [0.2, 0.25) is 0 Å². The van der Waals surface area contributed by atoms with Crippen molar-refractivity contribution in [1.82, 2.24) is 0 Å². The van der Waals surface area contributed by atoms with E-state index in [0.29, 0.717) is 12.2 Å². The Kier molecular flexibility index (Phi) is 3.46. The van der Waals surface area contributed by atoms with Crippen LogP contribution < -0.4 is 14.8 Å².